The van der Waals surface area contributed by atoms with Crippen LogP contribution in [0.4, 0.5) is 4.39 Å². The van der Waals surface area contributed by atoms with Crippen molar-refractivity contribution in [3.63, 3.8) is 0 Å². The second-order valence-electron chi connectivity index (χ2n) is 7.15. The van der Waals surface area contributed by atoms with Crippen molar-refractivity contribution in [3.8, 4) is 0 Å². The molecule has 0 amide bonds. The molecule has 1 aliphatic carbocycles. The second-order valence-corrected chi connectivity index (χ2v) is 10.1. The average molecular weight is 439 g/mol. The molecule has 1 aliphatic rings. The van der Waals surface area contributed by atoms with Crippen LogP contribution in [0.25, 0.3) is 10.9 Å². The largest absolute Gasteiger partial charge is 0.331 e. The van der Waals surface area contributed by atoms with Crippen LogP contribution in [0.15, 0.2) is 32.7 Å². The van der Waals surface area contributed by atoms with E-state index in [1.54, 1.807) is 6.92 Å². The molecule has 12 heteroatoms. The van der Waals surface area contributed by atoms with Gasteiger partial charge in [0.1, 0.15) is 16.7 Å². The molecule has 4 rings (SSSR count). The monoisotopic (exact) mass is 439 g/mol. The highest BCUT2D eigenvalue weighted by atomic mass is 32.2. The Kier molecular flexibility index (Phi) is 4.67. The van der Waals surface area contributed by atoms with Crippen LogP contribution in [0.5, 0.6) is 0 Å². The quantitative estimate of drug-likeness (QED) is 0.604. The number of hydrogen-bond acceptors (Lipinski definition) is 7. The van der Waals surface area contributed by atoms with Crippen LogP contribution in [0.2, 0.25) is 0 Å². The topological polar surface area (TPSA) is 116 Å². The molecule has 2 heterocycles. The molecule has 0 unspecified atom stereocenters. The van der Waals surface area contributed by atoms with Crippen molar-refractivity contribution in [1.82, 2.24) is 24.1 Å². The van der Waals surface area contributed by atoms with Gasteiger partial charge in [0, 0.05) is 7.05 Å². The standard InChI is InChI=1S/C17H18FN5O4S2/c1-10-19-20-14(28-10)8-23-15(24)12-7-11(3-4-13(12)22(2)16(23)25)29(26,27)21-17(9-18)5-6-17/h3-4,7,21H,5-6,8-9H2,1-2H3. The fourth-order valence-electron chi connectivity index (χ4n) is 3.10. The maximum absolute atomic E-state index is 13.1. The van der Waals surface area contributed by atoms with Crippen molar-refractivity contribution in [2.75, 3.05) is 6.67 Å². The Balaban J connectivity index is 1.83. The highest BCUT2D eigenvalue weighted by Crippen LogP contribution is 2.37. The molecule has 29 heavy (non-hydrogen) atoms. The summed E-state index contributed by atoms with van der Waals surface area (Å²) in [5.41, 5.74) is -1.92. The lowest BCUT2D eigenvalue weighted by molar-refractivity contribution is 0.393. The summed E-state index contributed by atoms with van der Waals surface area (Å²) >= 11 is 1.26. The van der Waals surface area contributed by atoms with Crippen molar-refractivity contribution in [2.24, 2.45) is 7.05 Å². The first-order valence-electron chi connectivity index (χ1n) is 8.78. The van der Waals surface area contributed by atoms with Gasteiger partial charge in [-0.15, -0.1) is 10.2 Å². The van der Waals surface area contributed by atoms with E-state index in [-0.39, 0.29) is 16.8 Å². The molecule has 0 radical (unpaired) electrons. The zero-order valence-corrected chi connectivity index (χ0v) is 17.3. The lowest BCUT2D eigenvalue weighted by atomic mass is 10.2. The number of rotatable bonds is 6. The third-order valence-corrected chi connectivity index (χ3v) is 7.35. The molecule has 0 spiro atoms. The molecule has 0 aliphatic heterocycles. The van der Waals surface area contributed by atoms with Gasteiger partial charge in [-0.3, -0.25) is 13.9 Å². The van der Waals surface area contributed by atoms with Crippen LogP contribution in [0.3, 0.4) is 0 Å². The highest BCUT2D eigenvalue weighted by molar-refractivity contribution is 7.89. The first-order chi connectivity index (χ1) is 13.7. The summed E-state index contributed by atoms with van der Waals surface area (Å²) in [6.45, 7) is 0.909. The highest BCUT2D eigenvalue weighted by Gasteiger charge is 2.46. The predicted molar refractivity (Wildman–Crippen MR) is 105 cm³/mol. The van der Waals surface area contributed by atoms with Crippen LogP contribution in [-0.4, -0.2) is 40.0 Å². The zero-order valence-electron chi connectivity index (χ0n) is 15.7. The molecule has 3 aromatic rings. The molecule has 1 N–H and O–H groups in total. The van der Waals surface area contributed by atoms with Crippen molar-refractivity contribution in [2.45, 2.75) is 36.7 Å². The number of fused-ring (bicyclic) bond motifs is 1. The van der Waals surface area contributed by atoms with Gasteiger partial charge in [-0.2, -0.15) is 0 Å². The first-order valence-corrected chi connectivity index (χ1v) is 11.1. The van der Waals surface area contributed by atoms with Gasteiger partial charge in [0.15, 0.2) is 0 Å². The number of aromatic nitrogens is 4. The number of sulfonamides is 1. The molecule has 0 bridgehead atoms. The molecule has 1 aromatic carbocycles. The van der Waals surface area contributed by atoms with Gasteiger partial charge < -0.3 is 0 Å². The van der Waals surface area contributed by atoms with E-state index in [9.17, 15) is 22.4 Å². The smallest absolute Gasteiger partial charge is 0.296 e. The van der Waals surface area contributed by atoms with Crippen LogP contribution < -0.4 is 16.0 Å². The Morgan fingerprint density at radius 3 is 2.59 bits per heavy atom. The Morgan fingerprint density at radius 2 is 2.00 bits per heavy atom. The van der Waals surface area contributed by atoms with E-state index in [1.807, 2.05) is 0 Å². The molecule has 0 saturated heterocycles. The van der Waals surface area contributed by atoms with E-state index in [2.05, 4.69) is 14.9 Å². The third kappa shape index (κ3) is 3.51. The summed E-state index contributed by atoms with van der Waals surface area (Å²) in [4.78, 5) is 25.5. The Morgan fingerprint density at radius 1 is 1.28 bits per heavy atom. The molecule has 154 valence electrons. The maximum atomic E-state index is 13.1. The second kappa shape index (κ2) is 6.82. The summed E-state index contributed by atoms with van der Waals surface area (Å²) in [7, 11) is -2.51. The molecular formula is C17H18FN5O4S2. The van der Waals surface area contributed by atoms with Crippen molar-refractivity contribution >= 4 is 32.3 Å². The number of hydrogen-bond donors (Lipinski definition) is 1. The van der Waals surface area contributed by atoms with E-state index in [1.165, 1.54) is 41.2 Å². The Bertz CT molecular complexity index is 1340. The van der Waals surface area contributed by atoms with Crippen molar-refractivity contribution in [3.05, 3.63) is 49.1 Å². The van der Waals surface area contributed by atoms with E-state index < -0.39 is 33.5 Å². The lowest BCUT2D eigenvalue weighted by Crippen LogP contribution is -2.40. The summed E-state index contributed by atoms with van der Waals surface area (Å²) in [6.07, 6.45) is 0.859. The summed E-state index contributed by atoms with van der Waals surface area (Å²) < 4.78 is 43.1. The molecule has 0 atom stereocenters. The van der Waals surface area contributed by atoms with Gasteiger partial charge in [-0.1, -0.05) is 11.3 Å². The third-order valence-electron chi connectivity index (χ3n) is 4.95. The number of benzene rings is 1. The van der Waals surface area contributed by atoms with Gasteiger partial charge in [0.05, 0.1) is 27.9 Å². The molecule has 1 saturated carbocycles. The first kappa shape index (κ1) is 19.9. The Hall–Kier alpha value is -2.44. The summed E-state index contributed by atoms with van der Waals surface area (Å²) in [6, 6.07) is 3.92. The molecule has 1 fully saturated rings. The van der Waals surface area contributed by atoms with E-state index in [4.69, 9.17) is 0 Å². The fraction of sp³-hybridized carbons (Fsp3) is 0.412. The van der Waals surface area contributed by atoms with Gasteiger partial charge in [-0.05, 0) is 38.0 Å². The number of nitrogens with zero attached hydrogens (tertiary/aromatic N) is 4. The minimum atomic E-state index is -4.01. The molecular weight excluding hydrogens is 421 g/mol. The number of aryl methyl sites for hydroxylation is 2. The fourth-order valence-corrected chi connectivity index (χ4v) is 5.26. The van der Waals surface area contributed by atoms with Crippen LogP contribution >= 0.6 is 11.3 Å². The Labute approximate surface area is 168 Å². The zero-order chi connectivity index (χ0) is 21.0. The SMILES string of the molecule is Cc1nnc(Cn2c(=O)c3cc(S(=O)(=O)NC4(CF)CC4)ccc3n(C)c2=O)s1. The molecule has 9 nitrogen and oxygen atoms in total. The predicted octanol–water partition coefficient (Wildman–Crippen LogP) is 0.689. The minimum absolute atomic E-state index is 0.0624. The number of nitrogens with one attached hydrogen (secondary N) is 1. The van der Waals surface area contributed by atoms with E-state index in [0.29, 0.717) is 28.4 Å². The average Bonchev–Trinajstić information content (AvgIpc) is 3.33. The van der Waals surface area contributed by atoms with E-state index >= 15 is 0 Å². The normalized spacial score (nSPS) is 15.7. The van der Waals surface area contributed by atoms with Gasteiger partial charge >= 0.3 is 5.69 Å². The summed E-state index contributed by atoms with van der Waals surface area (Å²) in [5, 5.41) is 9.08. The number of alkyl halides is 1. The van der Waals surface area contributed by atoms with Crippen molar-refractivity contribution in [1.29, 1.82) is 0 Å². The minimum Gasteiger partial charge on any atom is -0.296 e. The van der Waals surface area contributed by atoms with Crippen molar-refractivity contribution < 1.29 is 12.8 Å². The van der Waals surface area contributed by atoms with E-state index in [0.717, 1.165) is 4.57 Å². The molecule has 2 aromatic heterocycles. The van der Waals surface area contributed by atoms with Gasteiger partial charge in [-0.25, -0.2) is 22.3 Å². The van der Waals surface area contributed by atoms with Crippen LogP contribution in [0.1, 0.15) is 22.9 Å². The van der Waals surface area contributed by atoms with Gasteiger partial charge in [0.2, 0.25) is 10.0 Å². The maximum Gasteiger partial charge on any atom is 0.331 e. The van der Waals surface area contributed by atoms with Crippen LogP contribution in [0, 0.1) is 6.92 Å². The summed E-state index contributed by atoms with van der Waals surface area (Å²) in [5.74, 6) is 0. The lowest BCUT2D eigenvalue weighted by Gasteiger charge is -2.15. The number of halogens is 1. The van der Waals surface area contributed by atoms with Gasteiger partial charge in [0.25, 0.3) is 5.56 Å². The van der Waals surface area contributed by atoms with Crippen LogP contribution in [-0.2, 0) is 23.6 Å².